The Morgan fingerprint density at radius 3 is 2.71 bits per heavy atom. The predicted octanol–water partition coefficient (Wildman–Crippen LogP) is 3.95. The molecule has 150 valence electrons. The van der Waals surface area contributed by atoms with Crippen molar-refractivity contribution in [3.8, 4) is 0 Å². The first kappa shape index (κ1) is 20.6. The third-order valence-electron chi connectivity index (χ3n) is 5.29. The van der Waals surface area contributed by atoms with E-state index in [0.29, 0.717) is 17.5 Å². The van der Waals surface area contributed by atoms with E-state index in [9.17, 15) is 9.18 Å². The number of para-hydroxylation sites is 1. The Balaban J connectivity index is 1.44. The summed E-state index contributed by atoms with van der Waals surface area (Å²) >= 11 is 6.16. The lowest BCUT2D eigenvalue weighted by molar-refractivity contribution is -0.120. The van der Waals surface area contributed by atoms with Crippen LogP contribution in [0.3, 0.4) is 0 Å². The maximum Gasteiger partial charge on any atom is 0.233 e. The van der Waals surface area contributed by atoms with E-state index < -0.39 is 5.54 Å². The average molecular weight is 404 g/mol. The summed E-state index contributed by atoms with van der Waals surface area (Å²) < 4.78 is 13.3. The molecular formula is C22H27ClFN3O. The van der Waals surface area contributed by atoms with Gasteiger partial charge in [0.25, 0.3) is 0 Å². The highest BCUT2D eigenvalue weighted by Gasteiger charge is 2.25. The fourth-order valence-corrected chi connectivity index (χ4v) is 3.99. The molecule has 1 aliphatic heterocycles. The van der Waals surface area contributed by atoms with Gasteiger partial charge < -0.3 is 10.2 Å². The van der Waals surface area contributed by atoms with Gasteiger partial charge in [-0.1, -0.05) is 35.9 Å². The van der Waals surface area contributed by atoms with E-state index in [0.717, 1.165) is 25.1 Å². The van der Waals surface area contributed by atoms with E-state index in [1.54, 1.807) is 6.07 Å². The van der Waals surface area contributed by atoms with Gasteiger partial charge in [0.15, 0.2) is 0 Å². The van der Waals surface area contributed by atoms with Crippen molar-refractivity contribution in [3.05, 3.63) is 64.9 Å². The first-order chi connectivity index (χ1) is 13.3. The van der Waals surface area contributed by atoms with Crippen molar-refractivity contribution in [2.75, 3.05) is 31.1 Å². The fraction of sp³-hybridized carbons (Fsp3) is 0.409. The molecule has 1 heterocycles. The third kappa shape index (κ3) is 5.24. The summed E-state index contributed by atoms with van der Waals surface area (Å²) in [5.41, 5.74) is 1.45. The smallest absolute Gasteiger partial charge is 0.233 e. The van der Waals surface area contributed by atoms with Gasteiger partial charge in [-0.3, -0.25) is 10.1 Å². The van der Waals surface area contributed by atoms with Crippen LogP contribution < -0.4 is 15.5 Å². The highest BCUT2D eigenvalue weighted by Crippen LogP contribution is 2.28. The Labute approximate surface area is 171 Å². The standard InChI is InChI=1S/C22H27ClFN3O/c1-22(2,19-9-8-17(24)12-20(19)23)26-14-21(28)25-13-16-10-11-27(15-16)18-6-4-3-5-7-18/h3-9,12,16,26H,10-11,13-15H2,1-2H3,(H,25,28). The minimum atomic E-state index is -0.542. The zero-order valence-electron chi connectivity index (χ0n) is 16.3. The van der Waals surface area contributed by atoms with Crippen molar-refractivity contribution < 1.29 is 9.18 Å². The molecule has 0 aliphatic carbocycles. The molecule has 4 nitrogen and oxygen atoms in total. The SMILES string of the molecule is CC(C)(NCC(=O)NCC1CCN(c2ccccc2)C1)c1ccc(F)cc1Cl. The van der Waals surface area contributed by atoms with Gasteiger partial charge in [-0.25, -0.2) is 4.39 Å². The molecule has 1 unspecified atom stereocenters. The van der Waals surface area contributed by atoms with Gasteiger partial charge in [0.2, 0.25) is 5.91 Å². The molecule has 1 fully saturated rings. The lowest BCUT2D eigenvalue weighted by Crippen LogP contribution is -2.44. The molecule has 1 atom stereocenters. The van der Waals surface area contributed by atoms with Crippen molar-refractivity contribution in [1.82, 2.24) is 10.6 Å². The molecule has 2 aromatic carbocycles. The number of rotatable bonds is 7. The van der Waals surface area contributed by atoms with Crippen LogP contribution >= 0.6 is 11.6 Å². The van der Waals surface area contributed by atoms with Gasteiger partial charge in [-0.2, -0.15) is 0 Å². The zero-order valence-corrected chi connectivity index (χ0v) is 17.1. The Morgan fingerprint density at radius 1 is 1.25 bits per heavy atom. The van der Waals surface area contributed by atoms with Crippen molar-refractivity contribution in [1.29, 1.82) is 0 Å². The Bertz CT molecular complexity index is 813. The summed E-state index contributed by atoms with van der Waals surface area (Å²) in [6, 6.07) is 14.7. The third-order valence-corrected chi connectivity index (χ3v) is 5.60. The van der Waals surface area contributed by atoms with Crippen molar-refractivity contribution >= 4 is 23.2 Å². The van der Waals surface area contributed by atoms with E-state index in [1.165, 1.54) is 17.8 Å². The van der Waals surface area contributed by atoms with Crippen LogP contribution in [0.4, 0.5) is 10.1 Å². The summed E-state index contributed by atoms with van der Waals surface area (Å²) in [4.78, 5) is 14.6. The molecule has 6 heteroatoms. The molecule has 3 rings (SSSR count). The second-order valence-electron chi connectivity index (χ2n) is 7.84. The van der Waals surface area contributed by atoms with Crippen molar-refractivity contribution in [2.45, 2.75) is 25.8 Å². The largest absolute Gasteiger partial charge is 0.371 e. The monoisotopic (exact) mass is 403 g/mol. The van der Waals surface area contributed by atoms with E-state index in [4.69, 9.17) is 11.6 Å². The average Bonchev–Trinajstić information content (AvgIpc) is 3.14. The molecule has 2 aromatic rings. The Hall–Kier alpha value is -2.11. The maximum atomic E-state index is 13.3. The van der Waals surface area contributed by atoms with Crippen LogP contribution in [-0.4, -0.2) is 32.1 Å². The van der Waals surface area contributed by atoms with Crippen LogP contribution in [0.2, 0.25) is 5.02 Å². The van der Waals surface area contributed by atoms with Crippen LogP contribution in [0.25, 0.3) is 0 Å². The normalized spacial score (nSPS) is 17.0. The first-order valence-corrected chi connectivity index (χ1v) is 10.0. The second kappa shape index (κ2) is 8.93. The molecular weight excluding hydrogens is 377 g/mol. The first-order valence-electron chi connectivity index (χ1n) is 9.62. The summed E-state index contributed by atoms with van der Waals surface area (Å²) in [5.74, 6) is 0.0246. The number of anilines is 1. The zero-order chi connectivity index (χ0) is 20.1. The van der Waals surface area contributed by atoms with Gasteiger partial charge in [0.05, 0.1) is 6.54 Å². The fourth-order valence-electron chi connectivity index (χ4n) is 3.59. The van der Waals surface area contributed by atoms with Gasteiger partial charge in [-0.15, -0.1) is 0 Å². The van der Waals surface area contributed by atoms with Crippen LogP contribution in [0.1, 0.15) is 25.8 Å². The number of carbonyl (C=O) groups is 1. The molecule has 0 bridgehead atoms. The molecule has 1 amide bonds. The van der Waals surface area contributed by atoms with E-state index in [2.05, 4.69) is 27.7 Å². The Kier molecular flexibility index (Phi) is 6.57. The van der Waals surface area contributed by atoms with Crippen molar-refractivity contribution in [2.24, 2.45) is 5.92 Å². The molecule has 2 N–H and O–H groups in total. The van der Waals surface area contributed by atoms with Crippen LogP contribution in [0.5, 0.6) is 0 Å². The summed E-state index contributed by atoms with van der Waals surface area (Å²) in [5, 5.41) is 6.59. The number of benzene rings is 2. The predicted molar refractivity (Wildman–Crippen MR) is 112 cm³/mol. The molecule has 0 radical (unpaired) electrons. The second-order valence-corrected chi connectivity index (χ2v) is 8.25. The lowest BCUT2D eigenvalue weighted by atomic mass is 9.94. The summed E-state index contributed by atoms with van der Waals surface area (Å²) in [7, 11) is 0. The van der Waals surface area contributed by atoms with Gasteiger partial charge >= 0.3 is 0 Å². The minimum absolute atomic E-state index is 0.0514. The number of nitrogens with zero attached hydrogens (tertiary/aromatic N) is 1. The Morgan fingerprint density at radius 2 is 2.00 bits per heavy atom. The molecule has 0 saturated carbocycles. The number of hydrogen-bond donors (Lipinski definition) is 2. The van der Waals surface area contributed by atoms with Crippen molar-refractivity contribution in [3.63, 3.8) is 0 Å². The number of hydrogen-bond acceptors (Lipinski definition) is 3. The van der Waals surface area contributed by atoms with E-state index in [1.807, 2.05) is 32.0 Å². The van der Waals surface area contributed by atoms with Crippen LogP contribution in [0.15, 0.2) is 48.5 Å². The quantitative estimate of drug-likeness (QED) is 0.735. The minimum Gasteiger partial charge on any atom is -0.371 e. The van der Waals surface area contributed by atoms with Gasteiger partial charge in [0.1, 0.15) is 5.82 Å². The molecule has 1 saturated heterocycles. The topological polar surface area (TPSA) is 44.4 Å². The summed E-state index contributed by atoms with van der Waals surface area (Å²) in [6.07, 6.45) is 1.07. The highest BCUT2D eigenvalue weighted by atomic mass is 35.5. The lowest BCUT2D eigenvalue weighted by Gasteiger charge is -2.28. The number of nitrogens with one attached hydrogen (secondary N) is 2. The van der Waals surface area contributed by atoms with E-state index >= 15 is 0 Å². The van der Waals surface area contributed by atoms with Gasteiger partial charge in [-0.05, 0) is 56.0 Å². The molecule has 28 heavy (non-hydrogen) atoms. The highest BCUT2D eigenvalue weighted by molar-refractivity contribution is 6.31. The van der Waals surface area contributed by atoms with E-state index in [-0.39, 0.29) is 18.3 Å². The number of amides is 1. The van der Waals surface area contributed by atoms with Crippen LogP contribution in [0, 0.1) is 11.7 Å². The van der Waals surface area contributed by atoms with Crippen LogP contribution in [-0.2, 0) is 10.3 Å². The molecule has 1 aliphatic rings. The molecule has 0 aromatic heterocycles. The van der Waals surface area contributed by atoms with Gasteiger partial charge in [0, 0.05) is 35.9 Å². The number of halogens is 2. The maximum absolute atomic E-state index is 13.3. The summed E-state index contributed by atoms with van der Waals surface area (Å²) in [6.45, 7) is 6.66. The number of carbonyl (C=O) groups excluding carboxylic acids is 1. The molecule has 0 spiro atoms.